The Morgan fingerprint density at radius 2 is 2.32 bits per heavy atom. The third-order valence-electron chi connectivity index (χ3n) is 2.47. The van der Waals surface area contributed by atoms with E-state index in [1.54, 1.807) is 29.2 Å². The Balaban J connectivity index is 2.12. The van der Waals surface area contributed by atoms with Gasteiger partial charge in [-0.25, -0.2) is 4.98 Å². The Bertz CT molecular complexity index is 676. The lowest BCUT2D eigenvalue weighted by atomic mass is 10.3. The summed E-state index contributed by atoms with van der Waals surface area (Å²) in [6.07, 6.45) is 2.04. The van der Waals surface area contributed by atoms with Crippen molar-refractivity contribution in [2.75, 3.05) is 6.61 Å². The molecule has 0 aliphatic heterocycles. The van der Waals surface area contributed by atoms with E-state index in [0.717, 1.165) is 16.1 Å². The van der Waals surface area contributed by atoms with Crippen LogP contribution >= 0.6 is 11.3 Å². The molecule has 0 saturated heterocycles. The SMILES string of the molecule is Cc1cc(=O)n(Cc2cc(C#CCCO)cs2)cn1. The summed E-state index contributed by atoms with van der Waals surface area (Å²) < 4.78 is 1.57. The summed E-state index contributed by atoms with van der Waals surface area (Å²) in [7, 11) is 0. The average molecular weight is 274 g/mol. The van der Waals surface area contributed by atoms with Gasteiger partial charge in [-0.2, -0.15) is 0 Å². The van der Waals surface area contributed by atoms with Crippen LogP contribution in [0.1, 0.15) is 22.6 Å². The van der Waals surface area contributed by atoms with Crippen molar-refractivity contribution in [3.05, 3.63) is 50.3 Å². The Kier molecular flexibility index (Phi) is 4.50. The predicted octanol–water partition coefficient (Wildman–Crippen LogP) is 1.40. The third kappa shape index (κ3) is 3.78. The lowest BCUT2D eigenvalue weighted by molar-refractivity contribution is 0.305. The molecule has 2 aromatic rings. The van der Waals surface area contributed by atoms with Gasteiger partial charge in [-0.1, -0.05) is 11.8 Å². The fraction of sp³-hybridized carbons (Fsp3) is 0.286. The van der Waals surface area contributed by atoms with E-state index in [9.17, 15) is 4.79 Å². The van der Waals surface area contributed by atoms with Gasteiger partial charge in [0.2, 0.25) is 0 Å². The molecular weight excluding hydrogens is 260 g/mol. The van der Waals surface area contributed by atoms with Gasteiger partial charge in [-0.05, 0) is 13.0 Å². The van der Waals surface area contributed by atoms with E-state index in [0.29, 0.717) is 13.0 Å². The highest BCUT2D eigenvalue weighted by molar-refractivity contribution is 7.10. The lowest BCUT2D eigenvalue weighted by Gasteiger charge is -2.02. The minimum absolute atomic E-state index is 0.0474. The van der Waals surface area contributed by atoms with E-state index in [1.807, 2.05) is 11.4 Å². The summed E-state index contributed by atoms with van der Waals surface area (Å²) in [5.74, 6) is 5.85. The van der Waals surface area contributed by atoms with Gasteiger partial charge in [0.1, 0.15) is 0 Å². The van der Waals surface area contributed by atoms with Crippen molar-refractivity contribution in [2.24, 2.45) is 0 Å². The maximum Gasteiger partial charge on any atom is 0.253 e. The van der Waals surface area contributed by atoms with Gasteiger partial charge >= 0.3 is 0 Å². The van der Waals surface area contributed by atoms with Crippen LogP contribution in [0, 0.1) is 18.8 Å². The van der Waals surface area contributed by atoms with Gasteiger partial charge < -0.3 is 5.11 Å². The highest BCUT2D eigenvalue weighted by Crippen LogP contribution is 2.14. The first-order valence-corrected chi connectivity index (χ1v) is 6.77. The third-order valence-corrected chi connectivity index (χ3v) is 3.39. The average Bonchev–Trinajstić information content (AvgIpc) is 2.81. The molecular formula is C14H14N2O2S. The van der Waals surface area contributed by atoms with E-state index in [-0.39, 0.29) is 12.2 Å². The van der Waals surface area contributed by atoms with Crippen molar-refractivity contribution in [3.63, 3.8) is 0 Å². The maximum atomic E-state index is 11.7. The lowest BCUT2D eigenvalue weighted by Crippen LogP contribution is -2.20. The molecule has 1 N–H and O–H groups in total. The molecule has 0 fully saturated rings. The zero-order valence-electron chi connectivity index (χ0n) is 10.6. The van der Waals surface area contributed by atoms with E-state index < -0.39 is 0 Å². The predicted molar refractivity (Wildman–Crippen MR) is 75.2 cm³/mol. The van der Waals surface area contributed by atoms with Crippen LogP contribution in [0.5, 0.6) is 0 Å². The Labute approximate surface area is 115 Å². The molecule has 0 aliphatic carbocycles. The van der Waals surface area contributed by atoms with Crippen LogP contribution in [0.25, 0.3) is 0 Å². The summed E-state index contributed by atoms with van der Waals surface area (Å²) in [5, 5.41) is 10.6. The van der Waals surface area contributed by atoms with E-state index in [2.05, 4.69) is 16.8 Å². The van der Waals surface area contributed by atoms with Crippen LogP contribution in [-0.4, -0.2) is 21.3 Å². The van der Waals surface area contributed by atoms with Crippen molar-refractivity contribution in [2.45, 2.75) is 19.9 Å². The zero-order valence-corrected chi connectivity index (χ0v) is 11.4. The molecule has 0 aliphatic rings. The Hall–Kier alpha value is -1.90. The molecule has 19 heavy (non-hydrogen) atoms. The summed E-state index contributed by atoms with van der Waals surface area (Å²) in [5.41, 5.74) is 1.60. The highest BCUT2D eigenvalue weighted by atomic mass is 32.1. The summed E-state index contributed by atoms with van der Waals surface area (Å²) in [4.78, 5) is 16.9. The van der Waals surface area contributed by atoms with Crippen LogP contribution < -0.4 is 5.56 Å². The Morgan fingerprint density at radius 1 is 1.47 bits per heavy atom. The number of aliphatic hydroxyl groups is 1. The molecule has 0 atom stereocenters. The number of thiophene rings is 1. The molecule has 0 radical (unpaired) electrons. The highest BCUT2D eigenvalue weighted by Gasteiger charge is 2.02. The van der Waals surface area contributed by atoms with Crippen LogP contribution in [0.4, 0.5) is 0 Å². The van der Waals surface area contributed by atoms with Crippen LogP contribution in [-0.2, 0) is 6.54 Å². The quantitative estimate of drug-likeness (QED) is 0.861. The first-order valence-electron chi connectivity index (χ1n) is 5.89. The van der Waals surface area contributed by atoms with Gasteiger partial charge in [0, 0.05) is 34.0 Å². The van der Waals surface area contributed by atoms with Gasteiger partial charge in [0.05, 0.1) is 19.5 Å². The molecule has 5 heteroatoms. The molecule has 0 saturated carbocycles. The second-order valence-electron chi connectivity index (χ2n) is 4.07. The summed E-state index contributed by atoms with van der Waals surface area (Å²) in [6.45, 7) is 2.39. The van der Waals surface area contributed by atoms with Crippen LogP contribution in [0.15, 0.2) is 28.6 Å². The Morgan fingerprint density at radius 3 is 3.05 bits per heavy atom. The molecule has 0 bridgehead atoms. The van der Waals surface area contributed by atoms with Crippen molar-refractivity contribution in [1.29, 1.82) is 0 Å². The monoisotopic (exact) mass is 274 g/mol. The maximum absolute atomic E-state index is 11.7. The number of hydrogen-bond acceptors (Lipinski definition) is 4. The minimum Gasteiger partial charge on any atom is -0.395 e. The summed E-state index contributed by atoms with van der Waals surface area (Å²) in [6, 6.07) is 3.48. The van der Waals surface area contributed by atoms with Gasteiger partial charge in [-0.3, -0.25) is 9.36 Å². The molecule has 98 valence electrons. The molecule has 0 aromatic carbocycles. The fourth-order valence-corrected chi connectivity index (χ4v) is 2.37. The number of aryl methyl sites for hydroxylation is 1. The minimum atomic E-state index is -0.0474. The van der Waals surface area contributed by atoms with Crippen LogP contribution in [0.3, 0.4) is 0 Å². The normalized spacial score (nSPS) is 10.0. The topological polar surface area (TPSA) is 55.1 Å². The number of nitrogens with zero attached hydrogens (tertiary/aromatic N) is 2. The number of hydrogen-bond donors (Lipinski definition) is 1. The molecule has 0 amide bonds. The fourth-order valence-electron chi connectivity index (χ4n) is 1.55. The van der Waals surface area contributed by atoms with Crippen molar-refractivity contribution >= 4 is 11.3 Å². The molecule has 0 unspecified atom stereocenters. The molecule has 2 heterocycles. The number of rotatable bonds is 3. The summed E-state index contributed by atoms with van der Waals surface area (Å²) >= 11 is 1.56. The van der Waals surface area contributed by atoms with Crippen molar-refractivity contribution in [1.82, 2.24) is 9.55 Å². The second-order valence-corrected chi connectivity index (χ2v) is 5.07. The van der Waals surface area contributed by atoms with E-state index in [4.69, 9.17) is 5.11 Å². The van der Waals surface area contributed by atoms with E-state index in [1.165, 1.54) is 6.07 Å². The largest absolute Gasteiger partial charge is 0.395 e. The standard InChI is InChI=1S/C14H14N2O2S/c1-11-6-14(18)16(10-15-11)8-13-7-12(9-19-13)4-2-3-5-17/h6-7,9-10,17H,3,5,8H2,1H3. The second kappa shape index (κ2) is 6.32. The van der Waals surface area contributed by atoms with Crippen LogP contribution in [0.2, 0.25) is 0 Å². The first-order chi connectivity index (χ1) is 9.19. The molecule has 2 rings (SSSR count). The molecule has 4 nitrogen and oxygen atoms in total. The molecule has 0 spiro atoms. The number of aliphatic hydroxyl groups excluding tert-OH is 1. The van der Waals surface area contributed by atoms with Crippen molar-refractivity contribution in [3.8, 4) is 11.8 Å². The van der Waals surface area contributed by atoms with Gasteiger partial charge in [-0.15, -0.1) is 11.3 Å². The number of aromatic nitrogens is 2. The first kappa shape index (κ1) is 13.5. The van der Waals surface area contributed by atoms with Crippen molar-refractivity contribution < 1.29 is 5.11 Å². The smallest absolute Gasteiger partial charge is 0.253 e. The molecule has 2 aromatic heterocycles. The van der Waals surface area contributed by atoms with E-state index >= 15 is 0 Å². The zero-order chi connectivity index (χ0) is 13.7. The van der Waals surface area contributed by atoms with Gasteiger partial charge in [0.15, 0.2) is 0 Å². The van der Waals surface area contributed by atoms with Gasteiger partial charge in [0.25, 0.3) is 5.56 Å².